The Hall–Kier alpha value is -2.93. The maximum atomic E-state index is 13.6. The molecule has 0 spiro atoms. The highest BCUT2D eigenvalue weighted by atomic mass is 19.1. The molecule has 1 unspecified atom stereocenters. The number of hydrogen-bond acceptors (Lipinski definition) is 3. The number of aliphatic hydroxyl groups excluding tert-OH is 1. The van der Waals surface area contributed by atoms with Gasteiger partial charge in [0.25, 0.3) is 0 Å². The molecule has 3 rings (SSSR count). The van der Waals surface area contributed by atoms with Crippen LogP contribution in [0.25, 0.3) is 11.0 Å². The molecule has 0 fully saturated rings. The summed E-state index contributed by atoms with van der Waals surface area (Å²) in [6.45, 7) is 2.10. The Bertz CT molecular complexity index is 894. The largest absolute Gasteiger partial charge is 0.386 e. The summed E-state index contributed by atoms with van der Waals surface area (Å²) in [6.07, 6.45) is -1.11. The van der Waals surface area contributed by atoms with Crippen molar-refractivity contribution in [2.45, 2.75) is 19.6 Å². The first-order valence-corrected chi connectivity index (χ1v) is 7.93. The number of nitrogens with one attached hydrogen (secondary N) is 3. The highest BCUT2D eigenvalue weighted by Gasteiger charge is 2.13. The number of nitrogens with zero attached hydrogens (tertiary/aromatic N) is 1. The van der Waals surface area contributed by atoms with Crippen LogP contribution in [0.1, 0.15) is 23.1 Å². The number of aromatic nitrogens is 2. The topological polar surface area (TPSA) is 90.0 Å². The van der Waals surface area contributed by atoms with Crippen molar-refractivity contribution in [3.8, 4) is 0 Å². The van der Waals surface area contributed by atoms with Crippen molar-refractivity contribution in [2.75, 3.05) is 6.54 Å². The predicted molar refractivity (Wildman–Crippen MR) is 92.4 cm³/mol. The Morgan fingerprint density at radius 3 is 2.80 bits per heavy atom. The van der Waals surface area contributed by atoms with E-state index < -0.39 is 18.0 Å². The molecule has 1 aromatic heterocycles. The second-order valence-corrected chi connectivity index (χ2v) is 5.76. The van der Waals surface area contributed by atoms with Crippen molar-refractivity contribution in [3.63, 3.8) is 0 Å². The second-order valence-electron chi connectivity index (χ2n) is 5.76. The fourth-order valence-corrected chi connectivity index (χ4v) is 2.58. The molecule has 0 radical (unpaired) electrons. The van der Waals surface area contributed by atoms with Gasteiger partial charge in [-0.05, 0) is 24.6 Å². The van der Waals surface area contributed by atoms with E-state index in [2.05, 4.69) is 20.6 Å². The lowest BCUT2D eigenvalue weighted by atomic mass is 10.1. The summed E-state index contributed by atoms with van der Waals surface area (Å²) in [7, 11) is 0. The lowest BCUT2D eigenvalue weighted by Crippen LogP contribution is -2.37. The third-order valence-corrected chi connectivity index (χ3v) is 3.90. The summed E-state index contributed by atoms with van der Waals surface area (Å²) >= 11 is 0. The number of urea groups is 1. The Morgan fingerprint density at radius 1 is 1.24 bits per heavy atom. The molecule has 1 atom stereocenters. The smallest absolute Gasteiger partial charge is 0.315 e. The van der Waals surface area contributed by atoms with Gasteiger partial charge in [0.1, 0.15) is 11.6 Å². The summed E-state index contributed by atoms with van der Waals surface area (Å²) < 4.78 is 13.6. The third kappa shape index (κ3) is 3.95. The number of hydrogen-bond donors (Lipinski definition) is 4. The number of imidazole rings is 1. The monoisotopic (exact) mass is 342 g/mol. The molecule has 3 aromatic rings. The molecule has 130 valence electrons. The Balaban J connectivity index is 1.52. The van der Waals surface area contributed by atoms with Gasteiger partial charge in [0, 0.05) is 12.1 Å². The average Bonchev–Trinajstić information content (AvgIpc) is 3.03. The van der Waals surface area contributed by atoms with Gasteiger partial charge in [0.15, 0.2) is 0 Å². The summed E-state index contributed by atoms with van der Waals surface area (Å²) in [4.78, 5) is 19.4. The molecular formula is C18H19FN4O2. The lowest BCUT2D eigenvalue weighted by Gasteiger charge is -2.13. The number of benzene rings is 2. The van der Waals surface area contributed by atoms with E-state index in [0.717, 1.165) is 16.6 Å². The zero-order chi connectivity index (χ0) is 17.8. The van der Waals surface area contributed by atoms with Crippen LogP contribution in [0.2, 0.25) is 0 Å². The number of aryl methyl sites for hydroxylation is 1. The molecule has 0 aliphatic heterocycles. The van der Waals surface area contributed by atoms with Crippen LogP contribution < -0.4 is 10.6 Å². The van der Waals surface area contributed by atoms with Gasteiger partial charge in [-0.3, -0.25) is 0 Å². The number of rotatable bonds is 5. The minimum atomic E-state index is -1.11. The molecule has 25 heavy (non-hydrogen) atoms. The SMILES string of the molecule is Cc1cccc2[nH]c(CNC(=O)NCC(O)c3ccccc3F)nc12. The van der Waals surface area contributed by atoms with Gasteiger partial charge in [-0.25, -0.2) is 14.2 Å². The van der Waals surface area contributed by atoms with E-state index in [1.165, 1.54) is 12.1 Å². The standard InChI is InChI=1S/C18H19FN4O2/c1-11-5-4-8-14-17(11)23-16(22-14)10-21-18(25)20-9-15(24)12-6-2-3-7-13(12)19/h2-8,15,24H,9-10H2,1H3,(H,22,23)(H2,20,21,25). The highest BCUT2D eigenvalue weighted by molar-refractivity contribution is 5.78. The van der Waals surface area contributed by atoms with Crippen molar-refractivity contribution in [1.29, 1.82) is 0 Å². The van der Waals surface area contributed by atoms with Crippen molar-refractivity contribution in [3.05, 3.63) is 65.2 Å². The first kappa shape index (κ1) is 16.9. The molecule has 4 N–H and O–H groups in total. The molecule has 2 amide bonds. The van der Waals surface area contributed by atoms with E-state index in [-0.39, 0.29) is 18.7 Å². The molecular weight excluding hydrogens is 323 g/mol. The first-order chi connectivity index (χ1) is 12.0. The Morgan fingerprint density at radius 2 is 2.04 bits per heavy atom. The van der Waals surface area contributed by atoms with Gasteiger partial charge in [0.05, 0.1) is 23.7 Å². The highest BCUT2D eigenvalue weighted by Crippen LogP contribution is 2.16. The van der Waals surface area contributed by atoms with E-state index in [1.54, 1.807) is 12.1 Å². The molecule has 0 saturated carbocycles. The molecule has 0 saturated heterocycles. The van der Waals surface area contributed by atoms with E-state index in [4.69, 9.17) is 0 Å². The van der Waals surface area contributed by atoms with Crippen LogP contribution >= 0.6 is 0 Å². The van der Waals surface area contributed by atoms with Crippen LogP contribution in [-0.4, -0.2) is 27.7 Å². The molecule has 0 bridgehead atoms. The average molecular weight is 342 g/mol. The number of fused-ring (bicyclic) bond motifs is 1. The quantitative estimate of drug-likeness (QED) is 0.574. The van der Waals surface area contributed by atoms with E-state index >= 15 is 0 Å². The molecule has 0 aliphatic carbocycles. The number of para-hydroxylation sites is 1. The van der Waals surface area contributed by atoms with Gasteiger partial charge >= 0.3 is 6.03 Å². The number of amides is 2. The minimum Gasteiger partial charge on any atom is -0.386 e. The van der Waals surface area contributed by atoms with Crippen molar-refractivity contribution in [1.82, 2.24) is 20.6 Å². The number of carbonyl (C=O) groups excluding carboxylic acids is 1. The second kappa shape index (κ2) is 7.31. The maximum absolute atomic E-state index is 13.6. The van der Waals surface area contributed by atoms with Gasteiger partial charge in [-0.15, -0.1) is 0 Å². The van der Waals surface area contributed by atoms with Crippen LogP contribution in [0.5, 0.6) is 0 Å². The maximum Gasteiger partial charge on any atom is 0.315 e. The number of H-pyrrole nitrogens is 1. The van der Waals surface area contributed by atoms with E-state index in [1.807, 2.05) is 25.1 Å². The van der Waals surface area contributed by atoms with Crippen molar-refractivity contribution < 1.29 is 14.3 Å². The molecule has 7 heteroatoms. The lowest BCUT2D eigenvalue weighted by molar-refractivity contribution is 0.169. The van der Waals surface area contributed by atoms with Gasteiger partial charge in [-0.2, -0.15) is 0 Å². The normalized spacial score (nSPS) is 12.1. The third-order valence-electron chi connectivity index (χ3n) is 3.90. The van der Waals surface area contributed by atoms with Crippen molar-refractivity contribution in [2.24, 2.45) is 0 Å². The Labute approximate surface area is 144 Å². The number of halogens is 1. The predicted octanol–water partition coefficient (Wildman–Crippen LogP) is 2.54. The van der Waals surface area contributed by atoms with Crippen LogP contribution in [0.4, 0.5) is 9.18 Å². The van der Waals surface area contributed by atoms with Gasteiger partial charge in [-0.1, -0.05) is 30.3 Å². The fraction of sp³-hybridized carbons (Fsp3) is 0.222. The number of aliphatic hydroxyl groups is 1. The molecule has 6 nitrogen and oxygen atoms in total. The number of carbonyl (C=O) groups is 1. The number of aromatic amines is 1. The van der Waals surface area contributed by atoms with Crippen LogP contribution in [-0.2, 0) is 6.54 Å². The van der Waals surface area contributed by atoms with Crippen LogP contribution in [0.3, 0.4) is 0 Å². The van der Waals surface area contributed by atoms with Gasteiger partial charge in [0.2, 0.25) is 0 Å². The first-order valence-electron chi connectivity index (χ1n) is 7.93. The summed E-state index contributed by atoms with van der Waals surface area (Å²) in [5, 5.41) is 15.1. The molecule has 0 aliphatic rings. The zero-order valence-electron chi connectivity index (χ0n) is 13.7. The van der Waals surface area contributed by atoms with Gasteiger partial charge < -0.3 is 20.7 Å². The van der Waals surface area contributed by atoms with Crippen molar-refractivity contribution >= 4 is 17.1 Å². The van der Waals surface area contributed by atoms with E-state index in [0.29, 0.717) is 5.82 Å². The fourth-order valence-electron chi connectivity index (χ4n) is 2.58. The summed E-state index contributed by atoms with van der Waals surface area (Å²) in [5.74, 6) is 0.129. The summed E-state index contributed by atoms with van der Waals surface area (Å²) in [6, 6.07) is 11.3. The van der Waals surface area contributed by atoms with Crippen LogP contribution in [0, 0.1) is 12.7 Å². The molecule has 2 aromatic carbocycles. The zero-order valence-corrected chi connectivity index (χ0v) is 13.7. The van der Waals surface area contributed by atoms with Crippen LogP contribution in [0.15, 0.2) is 42.5 Å². The molecule has 1 heterocycles. The minimum absolute atomic E-state index is 0.0913. The Kier molecular flexibility index (Phi) is 4.95. The summed E-state index contributed by atoms with van der Waals surface area (Å²) in [5.41, 5.74) is 2.98. The van der Waals surface area contributed by atoms with E-state index in [9.17, 15) is 14.3 Å².